The van der Waals surface area contributed by atoms with Crippen molar-refractivity contribution in [1.82, 2.24) is 9.62 Å². The van der Waals surface area contributed by atoms with Crippen molar-refractivity contribution in [2.75, 3.05) is 13.1 Å². The Hall–Kier alpha value is -1.11. The van der Waals surface area contributed by atoms with E-state index < -0.39 is 10.0 Å². The zero-order valence-corrected chi connectivity index (χ0v) is 16.7. The summed E-state index contributed by atoms with van der Waals surface area (Å²) < 4.78 is 27.9. The molecule has 1 aliphatic heterocycles. The number of halogens is 2. The summed E-state index contributed by atoms with van der Waals surface area (Å²) in [7, 11) is -3.44. The summed E-state index contributed by atoms with van der Waals surface area (Å²) in [6.07, 6.45) is 1.83. The minimum absolute atomic E-state index is 0.0692. The predicted molar refractivity (Wildman–Crippen MR) is 107 cm³/mol. The zero-order chi connectivity index (χ0) is 18.6. The van der Waals surface area contributed by atoms with Crippen LogP contribution in [0, 0.1) is 0 Å². The third-order valence-corrected chi connectivity index (χ3v) is 6.59. The molecule has 0 saturated carbocycles. The molecule has 1 saturated heterocycles. The van der Waals surface area contributed by atoms with E-state index in [0.717, 1.165) is 32.5 Å². The monoisotopic (exact) mass is 412 g/mol. The first kappa shape index (κ1) is 19.6. The molecule has 1 heterocycles. The van der Waals surface area contributed by atoms with Crippen LogP contribution in [0.4, 0.5) is 0 Å². The molecule has 1 fully saturated rings. The number of piperidine rings is 1. The maximum absolute atomic E-state index is 12.5. The molecule has 0 bridgehead atoms. The van der Waals surface area contributed by atoms with Gasteiger partial charge in [-0.2, -0.15) is 0 Å². The van der Waals surface area contributed by atoms with Gasteiger partial charge in [0.2, 0.25) is 10.0 Å². The first-order valence-corrected chi connectivity index (χ1v) is 11.0. The Bertz CT molecular complexity index is 844. The summed E-state index contributed by atoms with van der Waals surface area (Å²) in [6.45, 7) is 2.54. The Morgan fingerprint density at radius 2 is 1.81 bits per heavy atom. The van der Waals surface area contributed by atoms with Crippen molar-refractivity contribution in [1.29, 1.82) is 0 Å². The first-order chi connectivity index (χ1) is 12.4. The van der Waals surface area contributed by atoms with Gasteiger partial charge in [-0.3, -0.25) is 4.90 Å². The Labute approximate surface area is 165 Å². The summed E-state index contributed by atoms with van der Waals surface area (Å²) in [4.78, 5) is 2.30. The quantitative estimate of drug-likeness (QED) is 0.777. The maximum atomic E-state index is 12.5. The highest BCUT2D eigenvalue weighted by Crippen LogP contribution is 2.23. The number of hydrogen-bond donors (Lipinski definition) is 1. The SMILES string of the molecule is O=S(=O)(Cc1ccc(Cl)c(Cl)c1)NC1CCCN(Cc2ccccc2)C1. The highest BCUT2D eigenvalue weighted by atomic mass is 35.5. The van der Waals surface area contributed by atoms with E-state index in [4.69, 9.17) is 23.2 Å². The molecule has 0 spiro atoms. The molecule has 1 N–H and O–H groups in total. The van der Waals surface area contributed by atoms with Crippen molar-refractivity contribution in [2.45, 2.75) is 31.2 Å². The molecule has 0 radical (unpaired) electrons. The van der Waals surface area contributed by atoms with Crippen LogP contribution in [-0.2, 0) is 22.3 Å². The molecule has 1 unspecified atom stereocenters. The van der Waals surface area contributed by atoms with Crippen molar-refractivity contribution >= 4 is 33.2 Å². The van der Waals surface area contributed by atoms with Crippen LogP contribution in [0.15, 0.2) is 48.5 Å². The number of rotatable bonds is 6. The molecular weight excluding hydrogens is 391 g/mol. The fraction of sp³-hybridized carbons (Fsp3) is 0.368. The first-order valence-electron chi connectivity index (χ1n) is 8.61. The molecule has 2 aromatic carbocycles. The molecule has 0 aromatic heterocycles. The van der Waals surface area contributed by atoms with Gasteiger partial charge in [-0.25, -0.2) is 13.1 Å². The van der Waals surface area contributed by atoms with Gasteiger partial charge < -0.3 is 0 Å². The van der Waals surface area contributed by atoms with Crippen LogP contribution >= 0.6 is 23.2 Å². The van der Waals surface area contributed by atoms with Crippen molar-refractivity contribution in [3.05, 3.63) is 69.7 Å². The van der Waals surface area contributed by atoms with E-state index >= 15 is 0 Å². The highest BCUT2D eigenvalue weighted by molar-refractivity contribution is 7.88. The van der Waals surface area contributed by atoms with Crippen LogP contribution in [0.3, 0.4) is 0 Å². The Morgan fingerprint density at radius 3 is 2.54 bits per heavy atom. The molecule has 2 aromatic rings. The molecule has 26 heavy (non-hydrogen) atoms. The maximum Gasteiger partial charge on any atom is 0.216 e. The summed E-state index contributed by atoms with van der Waals surface area (Å²) >= 11 is 11.9. The highest BCUT2D eigenvalue weighted by Gasteiger charge is 2.24. The predicted octanol–water partition coefficient (Wildman–Crippen LogP) is 4.08. The molecule has 7 heteroatoms. The van der Waals surface area contributed by atoms with Gasteiger partial charge in [0.05, 0.1) is 15.8 Å². The number of hydrogen-bond acceptors (Lipinski definition) is 3. The molecule has 1 atom stereocenters. The lowest BCUT2D eigenvalue weighted by Crippen LogP contribution is -2.47. The molecule has 140 valence electrons. The van der Waals surface area contributed by atoms with E-state index in [0.29, 0.717) is 15.6 Å². The van der Waals surface area contributed by atoms with Gasteiger partial charge in [-0.05, 0) is 42.6 Å². The topological polar surface area (TPSA) is 49.4 Å². The fourth-order valence-corrected chi connectivity index (χ4v) is 5.00. The van der Waals surface area contributed by atoms with E-state index in [-0.39, 0.29) is 11.8 Å². The zero-order valence-electron chi connectivity index (χ0n) is 14.4. The van der Waals surface area contributed by atoms with Gasteiger partial charge in [0.15, 0.2) is 0 Å². The van der Waals surface area contributed by atoms with Gasteiger partial charge in [-0.1, -0.05) is 59.6 Å². The minimum atomic E-state index is -3.44. The van der Waals surface area contributed by atoms with Crippen molar-refractivity contribution in [3.8, 4) is 0 Å². The number of likely N-dealkylation sites (tertiary alicyclic amines) is 1. The lowest BCUT2D eigenvalue weighted by atomic mass is 10.1. The summed E-state index contributed by atoms with van der Waals surface area (Å²) in [5.41, 5.74) is 1.87. The van der Waals surface area contributed by atoms with E-state index in [2.05, 4.69) is 21.8 Å². The van der Waals surface area contributed by atoms with Gasteiger partial charge in [0.25, 0.3) is 0 Å². The summed E-state index contributed by atoms with van der Waals surface area (Å²) in [5.74, 6) is -0.0981. The standard InChI is InChI=1S/C19H22Cl2N2O2S/c20-18-9-8-16(11-19(18)21)14-26(24,25)22-17-7-4-10-23(13-17)12-15-5-2-1-3-6-15/h1-3,5-6,8-9,11,17,22H,4,7,10,12-14H2. The molecular formula is C19H22Cl2N2O2S. The van der Waals surface area contributed by atoms with Crippen molar-refractivity contribution in [3.63, 3.8) is 0 Å². The lowest BCUT2D eigenvalue weighted by molar-refractivity contribution is 0.194. The van der Waals surface area contributed by atoms with Crippen molar-refractivity contribution in [2.24, 2.45) is 0 Å². The molecule has 1 aliphatic rings. The van der Waals surface area contributed by atoms with E-state index in [1.807, 2.05) is 18.2 Å². The molecule has 0 amide bonds. The number of nitrogens with one attached hydrogen (secondary N) is 1. The second kappa shape index (κ2) is 8.72. The third-order valence-electron chi connectivity index (χ3n) is 4.44. The van der Waals surface area contributed by atoms with E-state index in [9.17, 15) is 8.42 Å². The minimum Gasteiger partial charge on any atom is -0.298 e. The lowest BCUT2D eigenvalue weighted by Gasteiger charge is -2.33. The Kier molecular flexibility index (Phi) is 6.59. The molecule has 0 aliphatic carbocycles. The largest absolute Gasteiger partial charge is 0.298 e. The fourth-order valence-electron chi connectivity index (χ4n) is 3.28. The van der Waals surface area contributed by atoms with Crippen molar-refractivity contribution < 1.29 is 8.42 Å². The van der Waals surface area contributed by atoms with Gasteiger partial charge in [0, 0.05) is 19.1 Å². The van der Waals surface area contributed by atoms with Gasteiger partial charge >= 0.3 is 0 Å². The van der Waals surface area contributed by atoms with Crippen LogP contribution < -0.4 is 4.72 Å². The molecule has 4 nitrogen and oxygen atoms in total. The normalized spacial score (nSPS) is 18.8. The average molecular weight is 413 g/mol. The summed E-state index contributed by atoms with van der Waals surface area (Å²) in [5, 5.41) is 0.788. The second-order valence-electron chi connectivity index (χ2n) is 6.69. The number of benzene rings is 2. The Balaban J connectivity index is 1.59. The average Bonchev–Trinajstić information content (AvgIpc) is 2.59. The number of nitrogens with zero attached hydrogens (tertiary/aromatic N) is 1. The third kappa shape index (κ3) is 5.69. The smallest absolute Gasteiger partial charge is 0.216 e. The van der Waals surface area contributed by atoms with E-state index in [1.54, 1.807) is 18.2 Å². The number of sulfonamides is 1. The van der Waals surface area contributed by atoms with Crippen LogP contribution in [0.2, 0.25) is 10.0 Å². The Morgan fingerprint density at radius 1 is 1.04 bits per heavy atom. The van der Waals surface area contributed by atoms with Crippen LogP contribution in [0.1, 0.15) is 24.0 Å². The van der Waals surface area contributed by atoms with Crippen LogP contribution in [0.25, 0.3) is 0 Å². The molecule has 3 rings (SSSR count). The van der Waals surface area contributed by atoms with Crippen LogP contribution in [-0.4, -0.2) is 32.4 Å². The van der Waals surface area contributed by atoms with Gasteiger partial charge in [-0.15, -0.1) is 0 Å². The van der Waals surface area contributed by atoms with E-state index in [1.165, 1.54) is 5.56 Å². The summed E-state index contributed by atoms with van der Waals surface area (Å²) in [6, 6.07) is 15.1. The van der Waals surface area contributed by atoms with Crippen LogP contribution in [0.5, 0.6) is 0 Å². The second-order valence-corrected chi connectivity index (χ2v) is 9.25. The van der Waals surface area contributed by atoms with Gasteiger partial charge in [0.1, 0.15) is 0 Å².